The molecular weight excluding hydrogens is 212 g/mol. The van der Waals surface area contributed by atoms with Crippen LogP contribution in [0.1, 0.15) is 56.6 Å². The number of hydrogen-bond donors (Lipinski definition) is 1. The fourth-order valence-corrected chi connectivity index (χ4v) is 2.72. The molecule has 0 atom stereocenters. The molecule has 1 N–H and O–H groups in total. The number of hydrogen-bond acceptors (Lipinski definition) is 2. The molecule has 2 heteroatoms. The molecule has 17 heavy (non-hydrogen) atoms. The first-order valence-corrected chi connectivity index (χ1v) is 6.43. The third kappa shape index (κ3) is 2.63. The minimum Gasteiger partial charge on any atom is -0.496 e. The van der Waals surface area contributed by atoms with Crippen molar-refractivity contribution in [3.05, 3.63) is 29.3 Å². The van der Waals surface area contributed by atoms with E-state index in [1.54, 1.807) is 7.11 Å². The molecular formula is C15H22O2. The molecule has 2 nitrogen and oxygen atoms in total. The Morgan fingerprint density at radius 1 is 1.24 bits per heavy atom. The van der Waals surface area contributed by atoms with Gasteiger partial charge in [0.05, 0.1) is 12.7 Å². The summed E-state index contributed by atoms with van der Waals surface area (Å²) in [6.07, 6.45) is 5.21. The summed E-state index contributed by atoms with van der Waals surface area (Å²) in [6.45, 7) is 3.62. The van der Waals surface area contributed by atoms with Gasteiger partial charge in [-0.3, -0.25) is 0 Å². The van der Waals surface area contributed by atoms with Crippen molar-refractivity contribution in [2.45, 2.75) is 51.0 Å². The van der Waals surface area contributed by atoms with Crippen LogP contribution in [0.2, 0.25) is 0 Å². The van der Waals surface area contributed by atoms with Crippen LogP contribution >= 0.6 is 0 Å². The van der Waals surface area contributed by atoms with Crippen molar-refractivity contribution in [3.63, 3.8) is 0 Å². The lowest BCUT2D eigenvalue weighted by Gasteiger charge is -2.23. The number of ether oxygens (including phenoxy) is 1. The molecule has 1 saturated carbocycles. The van der Waals surface area contributed by atoms with Gasteiger partial charge >= 0.3 is 0 Å². The van der Waals surface area contributed by atoms with Crippen molar-refractivity contribution < 1.29 is 9.84 Å². The fourth-order valence-electron chi connectivity index (χ4n) is 2.72. The van der Waals surface area contributed by atoms with Gasteiger partial charge in [-0.25, -0.2) is 0 Å². The quantitative estimate of drug-likeness (QED) is 0.866. The Labute approximate surface area is 104 Å². The summed E-state index contributed by atoms with van der Waals surface area (Å²) in [5, 5.41) is 10.2. The summed E-state index contributed by atoms with van der Waals surface area (Å²) in [6, 6.07) is 6.25. The summed E-state index contributed by atoms with van der Waals surface area (Å²) in [5.74, 6) is 1.45. The zero-order valence-electron chi connectivity index (χ0n) is 11.0. The highest BCUT2D eigenvalue weighted by Crippen LogP contribution is 2.38. The molecule has 0 aromatic heterocycles. The van der Waals surface area contributed by atoms with Gasteiger partial charge in [0.1, 0.15) is 5.75 Å². The van der Waals surface area contributed by atoms with Gasteiger partial charge in [-0.15, -0.1) is 0 Å². The van der Waals surface area contributed by atoms with Crippen molar-refractivity contribution in [1.82, 2.24) is 0 Å². The molecule has 1 aliphatic rings. The van der Waals surface area contributed by atoms with E-state index in [9.17, 15) is 5.11 Å². The van der Waals surface area contributed by atoms with E-state index in [1.165, 1.54) is 31.2 Å². The number of aliphatic hydroxyl groups is 1. The van der Waals surface area contributed by atoms with E-state index in [0.717, 1.165) is 11.3 Å². The summed E-state index contributed by atoms with van der Waals surface area (Å²) >= 11 is 0. The molecule has 0 radical (unpaired) electrons. The highest BCUT2D eigenvalue weighted by atomic mass is 16.5. The molecule has 0 unspecified atom stereocenters. The van der Waals surface area contributed by atoms with Crippen LogP contribution in [0.15, 0.2) is 18.2 Å². The van der Waals surface area contributed by atoms with Crippen molar-refractivity contribution in [2.75, 3.05) is 7.11 Å². The van der Waals surface area contributed by atoms with E-state index in [4.69, 9.17) is 4.74 Å². The van der Waals surface area contributed by atoms with Crippen LogP contribution in [0, 0.1) is 0 Å². The minimum absolute atomic E-state index is 0.669. The maximum Gasteiger partial charge on any atom is 0.124 e. The van der Waals surface area contributed by atoms with Crippen LogP contribution in [0.3, 0.4) is 0 Å². The Hall–Kier alpha value is -1.02. The smallest absolute Gasteiger partial charge is 0.124 e. The predicted octanol–water partition coefficient (Wildman–Crippen LogP) is 3.58. The fraction of sp³-hybridized carbons (Fsp3) is 0.600. The van der Waals surface area contributed by atoms with E-state index < -0.39 is 5.60 Å². The average molecular weight is 234 g/mol. The van der Waals surface area contributed by atoms with Gasteiger partial charge in [-0.05, 0) is 50.3 Å². The summed E-state index contributed by atoms with van der Waals surface area (Å²) in [5.41, 5.74) is 1.39. The summed E-state index contributed by atoms with van der Waals surface area (Å²) in [4.78, 5) is 0. The molecule has 0 bridgehead atoms. The van der Waals surface area contributed by atoms with Crippen LogP contribution in [-0.4, -0.2) is 12.2 Å². The Morgan fingerprint density at radius 3 is 2.41 bits per heavy atom. The van der Waals surface area contributed by atoms with E-state index >= 15 is 0 Å². The molecule has 0 amide bonds. The lowest BCUT2D eigenvalue weighted by atomic mass is 9.90. The molecule has 1 fully saturated rings. The van der Waals surface area contributed by atoms with Crippen molar-refractivity contribution >= 4 is 0 Å². The van der Waals surface area contributed by atoms with Crippen molar-refractivity contribution in [1.29, 1.82) is 0 Å². The van der Waals surface area contributed by atoms with Crippen LogP contribution in [0.4, 0.5) is 0 Å². The van der Waals surface area contributed by atoms with E-state index in [2.05, 4.69) is 12.1 Å². The Morgan fingerprint density at radius 2 is 1.88 bits per heavy atom. The zero-order chi connectivity index (χ0) is 12.5. The highest BCUT2D eigenvalue weighted by Gasteiger charge is 2.24. The molecule has 1 aromatic carbocycles. The van der Waals surface area contributed by atoms with Gasteiger partial charge in [-0.1, -0.05) is 18.9 Å². The largest absolute Gasteiger partial charge is 0.496 e. The maximum absolute atomic E-state index is 10.2. The Bertz CT molecular complexity index is 384. The highest BCUT2D eigenvalue weighted by molar-refractivity contribution is 5.41. The Kier molecular flexibility index (Phi) is 3.43. The molecule has 1 aromatic rings. The van der Waals surface area contributed by atoms with Gasteiger partial charge in [0.2, 0.25) is 0 Å². The number of methoxy groups -OCH3 is 1. The van der Waals surface area contributed by atoms with Gasteiger partial charge in [0.15, 0.2) is 0 Å². The first kappa shape index (κ1) is 12.4. The number of rotatable bonds is 3. The first-order chi connectivity index (χ1) is 8.02. The van der Waals surface area contributed by atoms with E-state index in [-0.39, 0.29) is 0 Å². The van der Waals surface area contributed by atoms with Crippen molar-refractivity contribution in [2.24, 2.45) is 0 Å². The molecule has 2 rings (SSSR count). The monoisotopic (exact) mass is 234 g/mol. The second kappa shape index (κ2) is 4.69. The van der Waals surface area contributed by atoms with E-state index in [1.807, 2.05) is 19.9 Å². The van der Waals surface area contributed by atoms with Crippen LogP contribution < -0.4 is 4.74 Å². The lowest BCUT2D eigenvalue weighted by Crippen LogP contribution is -2.17. The molecule has 1 aliphatic carbocycles. The predicted molar refractivity (Wildman–Crippen MR) is 69.4 cm³/mol. The SMILES string of the molecule is COc1ccc(C2CCCC2)cc1C(C)(C)O. The molecule has 0 aliphatic heterocycles. The average Bonchev–Trinajstić information content (AvgIpc) is 2.80. The van der Waals surface area contributed by atoms with Gasteiger partial charge in [0.25, 0.3) is 0 Å². The van der Waals surface area contributed by atoms with Gasteiger partial charge in [-0.2, -0.15) is 0 Å². The minimum atomic E-state index is -0.847. The normalized spacial score (nSPS) is 17.4. The van der Waals surface area contributed by atoms with Gasteiger partial charge < -0.3 is 9.84 Å². The Balaban J connectivity index is 2.37. The van der Waals surface area contributed by atoms with Crippen molar-refractivity contribution in [3.8, 4) is 5.75 Å². The van der Waals surface area contributed by atoms with Crippen LogP contribution in [-0.2, 0) is 5.60 Å². The first-order valence-electron chi connectivity index (χ1n) is 6.43. The third-order valence-corrected chi connectivity index (χ3v) is 3.71. The standard InChI is InChI=1S/C15H22O2/c1-15(2,16)13-10-12(8-9-14(13)17-3)11-6-4-5-7-11/h8-11,16H,4-7H2,1-3H3. The van der Waals surface area contributed by atoms with Gasteiger partial charge in [0, 0.05) is 5.56 Å². The third-order valence-electron chi connectivity index (χ3n) is 3.71. The summed E-state index contributed by atoms with van der Waals surface area (Å²) in [7, 11) is 1.65. The zero-order valence-corrected chi connectivity index (χ0v) is 11.0. The molecule has 0 saturated heterocycles. The molecule has 0 heterocycles. The summed E-state index contributed by atoms with van der Waals surface area (Å²) < 4.78 is 5.33. The molecule has 94 valence electrons. The second-order valence-corrected chi connectivity index (χ2v) is 5.50. The molecule has 0 spiro atoms. The van der Waals surface area contributed by atoms with Crippen LogP contribution in [0.5, 0.6) is 5.75 Å². The second-order valence-electron chi connectivity index (χ2n) is 5.50. The van der Waals surface area contributed by atoms with Crippen LogP contribution in [0.25, 0.3) is 0 Å². The maximum atomic E-state index is 10.2. The topological polar surface area (TPSA) is 29.5 Å². The lowest BCUT2D eigenvalue weighted by molar-refractivity contribution is 0.0755. The van der Waals surface area contributed by atoms with E-state index in [0.29, 0.717) is 5.92 Å². The number of benzene rings is 1.